The summed E-state index contributed by atoms with van der Waals surface area (Å²) in [4.78, 5) is 0.627. The average Bonchev–Trinajstić information content (AvgIpc) is 2.63. The first-order chi connectivity index (χ1) is 12.3. The third-order valence-corrected chi connectivity index (χ3v) is 7.46. The molecule has 0 fully saturated rings. The molecule has 2 aromatic rings. The highest BCUT2D eigenvalue weighted by atomic mass is 32.2. The van der Waals surface area contributed by atoms with E-state index in [0.717, 1.165) is 24.8 Å². The molecule has 3 rings (SSSR count). The Morgan fingerprint density at radius 3 is 2.00 bits per heavy atom. The molecular formula is C19H20O5S2. The van der Waals surface area contributed by atoms with E-state index in [2.05, 4.69) is 0 Å². The third-order valence-electron chi connectivity index (χ3n) is 4.24. The second-order valence-electron chi connectivity index (χ2n) is 6.24. The monoisotopic (exact) mass is 392 g/mol. The molecule has 1 aliphatic carbocycles. The lowest BCUT2D eigenvalue weighted by atomic mass is 10.1. The summed E-state index contributed by atoms with van der Waals surface area (Å²) in [7, 11) is -7.48. The van der Waals surface area contributed by atoms with E-state index in [0.29, 0.717) is 11.3 Å². The fraction of sp³-hybridized carbons (Fsp3) is 0.263. The van der Waals surface area contributed by atoms with Crippen molar-refractivity contribution in [3.8, 4) is 5.75 Å². The summed E-state index contributed by atoms with van der Waals surface area (Å²) in [6.07, 6.45) is 4.95. The smallest absolute Gasteiger partial charge is 0.339 e. The second kappa shape index (κ2) is 7.25. The SMILES string of the molecule is Cc1ccc(S(=O)(=O)Oc2ccc(S(=O)(=O)C3=CCCCC3)cc2)cc1. The molecule has 0 N–H and O–H groups in total. The van der Waals surface area contributed by atoms with E-state index in [1.165, 1.54) is 36.4 Å². The topological polar surface area (TPSA) is 77.5 Å². The van der Waals surface area contributed by atoms with E-state index in [4.69, 9.17) is 4.18 Å². The van der Waals surface area contributed by atoms with Gasteiger partial charge in [-0.25, -0.2) is 8.42 Å². The summed E-state index contributed by atoms with van der Waals surface area (Å²) in [5, 5.41) is 0. The Kier molecular flexibility index (Phi) is 5.20. The predicted molar refractivity (Wildman–Crippen MR) is 99.2 cm³/mol. The molecule has 138 valence electrons. The Bertz CT molecular complexity index is 1020. The number of hydrogen-bond acceptors (Lipinski definition) is 5. The first kappa shape index (κ1) is 18.7. The first-order valence-corrected chi connectivity index (χ1v) is 11.2. The van der Waals surface area contributed by atoms with Crippen molar-refractivity contribution >= 4 is 20.0 Å². The lowest BCUT2D eigenvalue weighted by molar-refractivity contribution is 0.486. The van der Waals surface area contributed by atoms with Gasteiger partial charge in [0.25, 0.3) is 0 Å². The maximum absolute atomic E-state index is 12.6. The van der Waals surface area contributed by atoms with Crippen LogP contribution in [0.2, 0.25) is 0 Å². The van der Waals surface area contributed by atoms with Crippen LogP contribution in [0.1, 0.15) is 31.2 Å². The number of rotatable bonds is 5. The maximum Gasteiger partial charge on any atom is 0.339 e. The van der Waals surface area contributed by atoms with E-state index in [1.54, 1.807) is 18.2 Å². The highest BCUT2D eigenvalue weighted by Crippen LogP contribution is 2.29. The maximum atomic E-state index is 12.6. The van der Waals surface area contributed by atoms with Crippen LogP contribution in [-0.4, -0.2) is 16.8 Å². The van der Waals surface area contributed by atoms with E-state index in [-0.39, 0.29) is 15.5 Å². The molecule has 0 saturated carbocycles. The molecule has 0 bridgehead atoms. The largest absolute Gasteiger partial charge is 0.379 e. The van der Waals surface area contributed by atoms with Crippen LogP contribution >= 0.6 is 0 Å². The quantitative estimate of drug-likeness (QED) is 0.719. The zero-order valence-corrected chi connectivity index (χ0v) is 16.0. The van der Waals surface area contributed by atoms with Crippen molar-refractivity contribution in [2.75, 3.05) is 0 Å². The Morgan fingerprint density at radius 1 is 0.808 bits per heavy atom. The molecule has 0 aliphatic heterocycles. The fourth-order valence-corrected chi connectivity index (χ4v) is 5.24. The molecule has 0 saturated heterocycles. The Hall–Kier alpha value is -2.12. The molecule has 0 heterocycles. The van der Waals surface area contributed by atoms with E-state index in [9.17, 15) is 16.8 Å². The molecule has 2 aromatic carbocycles. The zero-order valence-electron chi connectivity index (χ0n) is 14.4. The highest BCUT2D eigenvalue weighted by Gasteiger charge is 2.22. The molecule has 0 amide bonds. The van der Waals surface area contributed by atoms with Gasteiger partial charge in [-0.2, -0.15) is 8.42 Å². The van der Waals surface area contributed by atoms with E-state index < -0.39 is 20.0 Å². The van der Waals surface area contributed by atoms with Crippen LogP contribution in [0.15, 0.2) is 69.3 Å². The van der Waals surface area contributed by atoms with Gasteiger partial charge in [-0.15, -0.1) is 0 Å². The van der Waals surface area contributed by atoms with Gasteiger partial charge < -0.3 is 4.18 Å². The number of allylic oxidation sites excluding steroid dienone is 2. The highest BCUT2D eigenvalue weighted by molar-refractivity contribution is 7.95. The van der Waals surface area contributed by atoms with Crippen LogP contribution in [0.3, 0.4) is 0 Å². The van der Waals surface area contributed by atoms with Crippen LogP contribution in [0.5, 0.6) is 5.75 Å². The average molecular weight is 392 g/mol. The van der Waals surface area contributed by atoms with Crippen molar-refractivity contribution in [1.29, 1.82) is 0 Å². The summed E-state index contributed by atoms with van der Waals surface area (Å²) in [5.74, 6) is 0.0714. The van der Waals surface area contributed by atoms with Crippen molar-refractivity contribution in [1.82, 2.24) is 0 Å². The van der Waals surface area contributed by atoms with Gasteiger partial charge in [0.15, 0.2) is 0 Å². The number of hydrogen-bond donors (Lipinski definition) is 0. The van der Waals surface area contributed by atoms with Gasteiger partial charge in [-0.05, 0) is 69.0 Å². The predicted octanol–water partition coefficient (Wildman–Crippen LogP) is 3.99. The Balaban J connectivity index is 1.81. The van der Waals surface area contributed by atoms with Crippen molar-refractivity contribution in [3.05, 3.63) is 65.1 Å². The zero-order chi connectivity index (χ0) is 18.8. The number of benzene rings is 2. The van der Waals surface area contributed by atoms with Crippen molar-refractivity contribution in [2.24, 2.45) is 0 Å². The summed E-state index contributed by atoms with van der Waals surface area (Å²) < 4.78 is 54.9. The summed E-state index contributed by atoms with van der Waals surface area (Å²) in [6.45, 7) is 1.86. The molecule has 0 aromatic heterocycles. The lowest BCUT2D eigenvalue weighted by Crippen LogP contribution is -2.10. The van der Waals surface area contributed by atoms with Gasteiger partial charge in [0, 0.05) is 4.91 Å². The first-order valence-electron chi connectivity index (χ1n) is 8.34. The molecule has 0 spiro atoms. The van der Waals surface area contributed by atoms with Crippen LogP contribution in [0, 0.1) is 6.92 Å². The minimum absolute atomic E-state index is 0.0483. The molecule has 0 atom stereocenters. The normalized spacial score (nSPS) is 15.3. The van der Waals surface area contributed by atoms with Gasteiger partial charge in [0.1, 0.15) is 10.6 Å². The Morgan fingerprint density at radius 2 is 1.42 bits per heavy atom. The molecule has 7 heteroatoms. The van der Waals surface area contributed by atoms with Crippen molar-refractivity contribution < 1.29 is 21.0 Å². The fourth-order valence-electron chi connectivity index (χ4n) is 2.76. The summed E-state index contributed by atoms with van der Waals surface area (Å²) in [5.41, 5.74) is 0.940. The minimum Gasteiger partial charge on any atom is -0.379 e. The van der Waals surface area contributed by atoms with Gasteiger partial charge in [-0.3, -0.25) is 0 Å². The minimum atomic E-state index is -3.96. The number of aryl methyl sites for hydroxylation is 1. The molecule has 26 heavy (non-hydrogen) atoms. The molecule has 5 nitrogen and oxygen atoms in total. The Labute approximate surface area is 154 Å². The van der Waals surface area contributed by atoms with Gasteiger partial charge in [0.05, 0.1) is 4.90 Å². The standard InChI is InChI=1S/C19H20O5S2/c1-15-7-11-19(12-8-15)26(22,23)24-16-9-13-18(14-10-16)25(20,21)17-5-3-2-4-6-17/h5,7-14H,2-4,6H2,1H3. The van der Waals surface area contributed by atoms with Crippen LogP contribution in [0.4, 0.5) is 0 Å². The molecule has 0 unspecified atom stereocenters. The second-order valence-corrected chi connectivity index (χ2v) is 9.79. The van der Waals surface area contributed by atoms with Crippen molar-refractivity contribution in [3.63, 3.8) is 0 Å². The van der Waals surface area contributed by atoms with Gasteiger partial charge in [0.2, 0.25) is 9.84 Å². The van der Waals surface area contributed by atoms with Crippen LogP contribution in [0.25, 0.3) is 0 Å². The summed E-state index contributed by atoms with van der Waals surface area (Å²) in [6, 6.07) is 11.8. The molecule has 1 aliphatic rings. The lowest BCUT2D eigenvalue weighted by Gasteiger charge is -2.13. The summed E-state index contributed by atoms with van der Waals surface area (Å²) >= 11 is 0. The van der Waals surface area contributed by atoms with E-state index in [1.807, 2.05) is 6.92 Å². The third kappa shape index (κ3) is 3.99. The van der Waals surface area contributed by atoms with Crippen molar-refractivity contribution in [2.45, 2.75) is 42.4 Å². The molecule has 0 radical (unpaired) electrons. The van der Waals surface area contributed by atoms with E-state index >= 15 is 0 Å². The molecular weight excluding hydrogens is 372 g/mol. The van der Waals surface area contributed by atoms with Crippen LogP contribution < -0.4 is 4.18 Å². The number of sulfone groups is 1. The van der Waals surface area contributed by atoms with Gasteiger partial charge >= 0.3 is 10.1 Å². The van der Waals surface area contributed by atoms with Gasteiger partial charge in [-0.1, -0.05) is 23.8 Å². The van der Waals surface area contributed by atoms with Crippen LogP contribution in [-0.2, 0) is 20.0 Å².